The first kappa shape index (κ1) is 23.1. The van der Waals surface area contributed by atoms with Gasteiger partial charge in [0, 0.05) is 18.7 Å². The Morgan fingerprint density at radius 2 is 1.68 bits per heavy atom. The Kier molecular flexibility index (Phi) is 7.23. The fourth-order valence-electron chi connectivity index (χ4n) is 3.75. The first-order chi connectivity index (χ1) is 14.8. The van der Waals surface area contributed by atoms with Crippen LogP contribution in [0.15, 0.2) is 41.3 Å². The second kappa shape index (κ2) is 9.70. The third kappa shape index (κ3) is 5.02. The van der Waals surface area contributed by atoms with Crippen molar-refractivity contribution < 1.29 is 22.7 Å². The molecule has 1 saturated heterocycles. The maximum absolute atomic E-state index is 13.1. The van der Waals surface area contributed by atoms with E-state index in [0.717, 1.165) is 24.8 Å². The van der Waals surface area contributed by atoms with Crippen molar-refractivity contribution in [3.63, 3.8) is 0 Å². The first-order valence-electron chi connectivity index (χ1n) is 10.4. The lowest BCUT2D eigenvalue weighted by Gasteiger charge is -2.26. The summed E-state index contributed by atoms with van der Waals surface area (Å²) in [5.41, 5.74) is 1.79. The van der Waals surface area contributed by atoms with Crippen molar-refractivity contribution in [2.24, 2.45) is 0 Å². The van der Waals surface area contributed by atoms with E-state index >= 15 is 0 Å². The van der Waals surface area contributed by atoms with Gasteiger partial charge in [-0.3, -0.25) is 4.79 Å². The summed E-state index contributed by atoms with van der Waals surface area (Å²) in [7, 11) is -0.501. The molecule has 2 aromatic rings. The van der Waals surface area contributed by atoms with E-state index in [-0.39, 0.29) is 16.8 Å². The number of nitrogens with one attached hydrogen (secondary N) is 1. The molecule has 2 aromatic carbocycles. The number of aryl methyl sites for hydroxylation is 1. The van der Waals surface area contributed by atoms with Gasteiger partial charge >= 0.3 is 0 Å². The molecule has 1 amide bonds. The number of nitrogens with zero attached hydrogens (tertiary/aromatic N) is 1. The van der Waals surface area contributed by atoms with Crippen LogP contribution < -0.4 is 14.8 Å². The standard InChI is InChI=1S/C23H30N2O5S/c1-16-8-9-19(15-22(16)31(27,28)25-12-6-5-7-13-25)23(26)24-17(2)18-10-11-20(29-3)21(14-18)30-4/h8-11,14-15,17H,5-7,12-13H2,1-4H3,(H,24,26). The van der Waals surface area contributed by atoms with E-state index in [1.165, 1.54) is 10.4 Å². The molecule has 168 valence electrons. The number of ether oxygens (including phenoxy) is 2. The van der Waals surface area contributed by atoms with Crippen LogP contribution in [0, 0.1) is 6.92 Å². The molecule has 0 spiro atoms. The number of carbonyl (C=O) groups is 1. The van der Waals surface area contributed by atoms with Crippen LogP contribution in [0.5, 0.6) is 11.5 Å². The molecule has 0 aromatic heterocycles. The second-order valence-corrected chi connectivity index (χ2v) is 9.66. The molecule has 31 heavy (non-hydrogen) atoms. The molecule has 0 aliphatic carbocycles. The number of benzene rings is 2. The van der Waals surface area contributed by atoms with E-state index in [9.17, 15) is 13.2 Å². The summed E-state index contributed by atoms with van der Waals surface area (Å²) < 4.78 is 38.4. The van der Waals surface area contributed by atoms with Crippen LogP contribution in [0.25, 0.3) is 0 Å². The Labute approximate surface area is 184 Å². The Hall–Kier alpha value is -2.58. The van der Waals surface area contributed by atoms with Crippen molar-refractivity contribution in [1.82, 2.24) is 9.62 Å². The van der Waals surface area contributed by atoms with Gasteiger partial charge in [-0.25, -0.2) is 8.42 Å². The summed E-state index contributed by atoms with van der Waals surface area (Å²) in [4.78, 5) is 13.1. The normalized spacial score (nSPS) is 15.9. The third-order valence-corrected chi connectivity index (χ3v) is 7.68. The maximum Gasteiger partial charge on any atom is 0.251 e. The lowest BCUT2D eigenvalue weighted by atomic mass is 10.1. The van der Waals surface area contributed by atoms with Crippen LogP contribution in [-0.2, 0) is 10.0 Å². The zero-order valence-electron chi connectivity index (χ0n) is 18.5. The molecule has 7 nitrogen and oxygen atoms in total. The predicted molar refractivity (Wildman–Crippen MR) is 119 cm³/mol. The van der Waals surface area contributed by atoms with Crippen LogP contribution >= 0.6 is 0 Å². The Morgan fingerprint density at radius 1 is 1.00 bits per heavy atom. The van der Waals surface area contributed by atoms with Gasteiger partial charge in [-0.2, -0.15) is 4.31 Å². The zero-order chi connectivity index (χ0) is 22.6. The SMILES string of the molecule is COc1ccc(C(C)NC(=O)c2ccc(C)c(S(=O)(=O)N3CCCCC3)c2)cc1OC. The van der Waals surface area contributed by atoms with Crippen LogP contribution in [0.4, 0.5) is 0 Å². The molecule has 1 aliphatic rings. The van der Waals surface area contributed by atoms with Gasteiger partial charge in [-0.1, -0.05) is 18.6 Å². The van der Waals surface area contributed by atoms with Crippen molar-refractivity contribution >= 4 is 15.9 Å². The second-order valence-electron chi connectivity index (χ2n) is 7.75. The molecule has 3 rings (SSSR count). The quantitative estimate of drug-likeness (QED) is 0.701. The van der Waals surface area contributed by atoms with Gasteiger partial charge in [0.05, 0.1) is 25.2 Å². The van der Waals surface area contributed by atoms with Crippen molar-refractivity contribution in [1.29, 1.82) is 0 Å². The molecule has 1 fully saturated rings. The molecule has 0 saturated carbocycles. The lowest BCUT2D eigenvalue weighted by Crippen LogP contribution is -2.36. The fraction of sp³-hybridized carbons (Fsp3) is 0.435. The largest absolute Gasteiger partial charge is 0.493 e. The minimum Gasteiger partial charge on any atom is -0.493 e. The van der Waals surface area contributed by atoms with E-state index in [2.05, 4.69) is 5.32 Å². The summed E-state index contributed by atoms with van der Waals surface area (Å²) in [6.07, 6.45) is 2.77. The van der Waals surface area contributed by atoms with E-state index in [0.29, 0.717) is 35.7 Å². The van der Waals surface area contributed by atoms with Crippen LogP contribution in [0.3, 0.4) is 0 Å². The van der Waals surface area contributed by atoms with Crippen LogP contribution in [0.2, 0.25) is 0 Å². The maximum atomic E-state index is 13.1. The highest BCUT2D eigenvalue weighted by Crippen LogP contribution is 2.30. The summed E-state index contributed by atoms with van der Waals surface area (Å²) in [5.74, 6) is 0.847. The molecular formula is C23H30N2O5S. The molecule has 1 atom stereocenters. The molecule has 1 heterocycles. The molecular weight excluding hydrogens is 416 g/mol. The number of amides is 1. The zero-order valence-corrected chi connectivity index (χ0v) is 19.3. The van der Waals surface area contributed by atoms with Crippen LogP contribution in [0.1, 0.15) is 53.7 Å². The number of methoxy groups -OCH3 is 2. The fourth-order valence-corrected chi connectivity index (χ4v) is 5.52. The van der Waals surface area contributed by atoms with Crippen LogP contribution in [-0.4, -0.2) is 45.9 Å². The highest BCUT2D eigenvalue weighted by atomic mass is 32.2. The van der Waals surface area contributed by atoms with Gasteiger partial charge < -0.3 is 14.8 Å². The van der Waals surface area contributed by atoms with Crippen molar-refractivity contribution in [3.05, 3.63) is 53.1 Å². The summed E-state index contributed by atoms with van der Waals surface area (Å²) in [6, 6.07) is 9.96. The van der Waals surface area contributed by atoms with Gasteiger partial charge in [0.15, 0.2) is 11.5 Å². The monoisotopic (exact) mass is 446 g/mol. The number of rotatable bonds is 7. The minimum absolute atomic E-state index is 0.195. The topological polar surface area (TPSA) is 84.9 Å². The smallest absolute Gasteiger partial charge is 0.251 e. The number of piperidine rings is 1. The highest BCUT2D eigenvalue weighted by Gasteiger charge is 2.28. The molecule has 1 N–H and O–H groups in total. The minimum atomic E-state index is -3.62. The molecule has 1 aliphatic heterocycles. The van der Waals surface area contributed by atoms with Gasteiger partial charge in [0.25, 0.3) is 5.91 Å². The predicted octanol–water partition coefficient (Wildman–Crippen LogP) is 3.68. The van der Waals surface area contributed by atoms with E-state index in [4.69, 9.17) is 9.47 Å². The average molecular weight is 447 g/mol. The van der Waals surface area contributed by atoms with Gasteiger partial charge in [0.2, 0.25) is 10.0 Å². The van der Waals surface area contributed by atoms with Crippen molar-refractivity contribution in [2.75, 3.05) is 27.3 Å². The number of carbonyl (C=O) groups excluding carboxylic acids is 1. The van der Waals surface area contributed by atoms with E-state index < -0.39 is 10.0 Å². The Morgan fingerprint density at radius 3 is 2.32 bits per heavy atom. The molecule has 1 unspecified atom stereocenters. The molecule has 0 bridgehead atoms. The van der Waals surface area contributed by atoms with E-state index in [1.54, 1.807) is 39.3 Å². The Bertz CT molecular complexity index is 1050. The summed E-state index contributed by atoms with van der Waals surface area (Å²) in [5, 5.41) is 2.94. The van der Waals surface area contributed by atoms with Gasteiger partial charge in [-0.15, -0.1) is 0 Å². The summed E-state index contributed by atoms with van der Waals surface area (Å²) in [6.45, 7) is 4.66. The van der Waals surface area contributed by atoms with Crippen molar-refractivity contribution in [3.8, 4) is 11.5 Å². The lowest BCUT2D eigenvalue weighted by molar-refractivity contribution is 0.0939. The number of hydrogen-bond donors (Lipinski definition) is 1. The highest BCUT2D eigenvalue weighted by molar-refractivity contribution is 7.89. The van der Waals surface area contributed by atoms with Crippen molar-refractivity contribution in [2.45, 2.75) is 44.0 Å². The molecule has 8 heteroatoms. The number of hydrogen-bond acceptors (Lipinski definition) is 5. The average Bonchev–Trinajstić information content (AvgIpc) is 2.79. The Balaban J connectivity index is 1.82. The first-order valence-corrected chi connectivity index (χ1v) is 11.9. The number of sulfonamides is 1. The summed E-state index contributed by atoms with van der Waals surface area (Å²) >= 11 is 0. The van der Waals surface area contributed by atoms with Gasteiger partial charge in [0.1, 0.15) is 0 Å². The molecule has 0 radical (unpaired) electrons. The van der Waals surface area contributed by atoms with Gasteiger partial charge in [-0.05, 0) is 62.1 Å². The van der Waals surface area contributed by atoms with E-state index in [1.807, 2.05) is 19.1 Å². The third-order valence-electron chi connectivity index (χ3n) is 5.64.